The first-order valence-electron chi connectivity index (χ1n) is 6.21. The molecule has 3 heteroatoms. The van der Waals surface area contributed by atoms with Crippen molar-refractivity contribution < 1.29 is 4.42 Å². The number of nitrogens with zero attached hydrogens (tertiary/aromatic N) is 1. The third kappa shape index (κ3) is 4.81. The van der Waals surface area contributed by atoms with E-state index in [0.717, 1.165) is 31.9 Å². The lowest BCUT2D eigenvalue weighted by atomic mass is 10.1. The van der Waals surface area contributed by atoms with Gasteiger partial charge in [0.05, 0.1) is 12.8 Å². The van der Waals surface area contributed by atoms with E-state index in [9.17, 15) is 0 Å². The minimum atomic E-state index is 0.641. The van der Waals surface area contributed by atoms with Crippen molar-refractivity contribution in [2.24, 2.45) is 11.7 Å². The summed E-state index contributed by atoms with van der Waals surface area (Å²) >= 11 is 0. The number of rotatable bonds is 8. The van der Waals surface area contributed by atoms with Crippen LogP contribution < -0.4 is 5.73 Å². The Hall–Kier alpha value is -0.800. The standard InChI is InChI=1S/C13H24N2O/c1-3-15(8-4-6-12(2)10-14)11-13-7-5-9-16-13/h5,7,9,12H,3-4,6,8,10-11,14H2,1-2H3. The number of furan rings is 1. The van der Waals surface area contributed by atoms with E-state index in [2.05, 4.69) is 18.7 Å². The fourth-order valence-electron chi connectivity index (χ4n) is 1.75. The van der Waals surface area contributed by atoms with E-state index in [4.69, 9.17) is 10.2 Å². The van der Waals surface area contributed by atoms with E-state index < -0.39 is 0 Å². The average Bonchev–Trinajstić information content (AvgIpc) is 2.80. The highest BCUT2D eigenvalue weighted by atomic mass is 16.3. The number of nitrogens with two attached hydrogens (primary N) is 1. The van der Waals surface area contributed by atoms with Gasteiger partial charge < -0.3 is 10.2 Å². The van der Waals surface area contributed by atoms with Gasteiger partial charge in [0.15, 0.2) is 0 Å². The summed E-state index contributed by atoms with van der Waals surface area (Å²) in [6, 6.07) is 3.98. The molecule has 0 saturated carbocycles. The smallest absolute Gasteiger partial charge is 0.117 e. The summed E-state index contributed by atoms with van der Waals surface area (Å²) in [6.45, 7) is 8.31. The zero-order valence-electron chi connectivity index (χ0n) is 10.5. The second-order valence-electron chi connectivity index (χ2n) is 4.43. The lowest BCUT2D eigenvalue weighted by Crippen LogP contribution is -2.24. The predicted molar refractivity (Wildman–Crippen MR) is 67.1 cm³/mol. The summed E-state index contributed by atoms with van der Waals surface area (Å²) in [6.07, 6.45) is 4.16. The molecule has 3 nitrogen and oxygen atoms in total. The van der Waals surface area contributed by atoms with Crippen LogP contribution in [0.2, 0.25) is 0 Å². The maximum atomic E-state index is 5.60. The van der Waals surface area contributed by atoms with Gasteiger partial charge in [-0.3, -0.25) is 4.90 Å². The molecule has 0 aromatic carbocycles. The molecule has 0 saturated heterocycles. The van der Waals surface area contributed by atoms with Crippen LogP contribution in [-0.4, -0.2) is 24.5 Å². The Morgan fingerprint density at radius 3 is 2.88 bits per heavy atom. The Morgan fingerprint density at radius 2 is 2.31 bits per heavy atom. The number of hydrogen-bond acceptors (Lipinski definition) is 3. The summed E-state index contributed by atoms with van der Waals surface area (Å²) in [7, 11) is 0. The third-order valence-corrected chi connectivity index (χ3v) is 2.98. The maximum absolute atomic E-state index is 5.60. The van der Waals surface area contributed by atoms with Gasteiger partial charge in [-0.1, -0.05) is 13.8 Å². The van der Waals surface area contributed by atoms with Gasteiger partial charge in [-0.25, -0.2) is 0 Å². The maximum Gasteiger partial charge on any atom is 0.117 e. The van der Waals surface area contributed by atoms with Crippen LogP contribution in [0.5, 0.6) is 0 Å². The molecule has 0 aliphatic heterocycles. The van der Waals surface area contributed by atoms with Crippen LogP contribution in [0.25, 0.3) is 0 Å². The SMILES string of the molecule is CCN(CCCC(C)CN)Cc1ccco1. The van der Waals surface area contributed by atoms with Crippen molar-refractivity contribution in [2.75, 3.05) is 19.6 Å². The van der Waals surface area contributed by atoms with E-state index in [1.54, 1.807) is 6.26 Å². The fraction of sp³-hybridized carbons (Fsp3) is 0.692. The zero-order chi connectivity index (χ0) is 11.8. The Bertz CT molecular complexity index is 259. The van der Waals surface area contributed by atoms with Crippen molar-refractivity contribution >= 4 is 0 Å². The largest absolute Gasteiger partial charge is 0.468 e. The topological polar surface area (TPSA) is 42.4 Å². The molecule has 0 radical (unpaired) electrons. The van der Waals surface area contributed by atoms with Crippen LogP contribution in [0, 0.1) is 5.92 Å². The summed E-state index contributed by atoms with van der Waals surface area (Å²) in [5, 5.41) is 0. The van der Waals surface area contributed by atoms with Crippen molar-refractivity contribution in [1.29, 1.82) is 0 Å². The molecule has 1 aromatic rings. The Kier molecular flexibility index (Phi) is 6.19. The van der Waals surface area contributed by atoms with Gasteiger partial charge >= 0.3 is 0 Å². The van der Waals surface area contributed by atoms with Crippen LogP contribution in [0.4, 0.5) is 0 Å². The van der Waals surface area contributed by atoms with Gasteiger partial charge in [0.2, 0.25) is 0 Å². The molecule has 1 heterocycles. The minimum absolute atomic E-state index is 0.641. The normalized spacial score (nSPS) is 13.2. The molecule has 1 aromatic heterocycles. The van der Waals surface area contributed by atoms with E-state index in [0.29, 0.717) is 5.92 Å². The van der Waals surface area contributed by atoms with Crippen molar-refractivity contribution in [3.05, 3.63) is 24.2 Å². The van der Waals surface area contributed by atoms with Crippen molar-refractivity contribution in [3.8, 4) is 0 Å². The van der Waals surface area contributed by atoms with Gasteiger partial charge in [-0.15, -0.1) is 0 Å². The summed E-state index contributed by atoms with van der Waals surface area (Å²) < 4.78 is 5.35. The minimum Gasteiger partial charge on any atom is -0.468 e. The first-order valence-corrected chi connectivity index (χ1v) is 6.21. The molecule has 0 bridgehead atoms. The Labute approximate surface area is 98.6 Å². The molecule has 1 unspecified atom stereocenters. The Balaban J connectivity index is 2.22. The molecule has 1 atom stereocenters. The van der Waals surface area contributed by atoms with Gasteiger partial charge in [0.25, 0.3) is 0 Å². The molecular formula is C13H24N2O. The van der Waals surface area contributed by atoms with Crippen molar-refractivity contribution in [2.45, 2.75) is 33.2 Å². The molecule has 0 aliphatic rings. The van der Waals surface area contributed by atoms with Crippen molar-refractivity contribution in [1.82, 2.24) is 4.90 Å². The van der Waals surface area contributed by atoms with Gasteiger partial charge in [0, 0.05) is 0 Å². The monoisotopic (exact) mass is 224 g/mol. The van der Waals surface area contributed by atoms with Crippen molar-refractivity contribution in [3.63, 3.8) is 0 Å². The second kappa shape index (κ2) is 7.47. The van der Waals surface area contributed by atoms with Gasteiger partial charge in [-0.05, 0) is 50.5 Å². The van der Waals surface area contributed by atoms with Crippen LogP contribution in [0.15, 0.2) is 22.8 Å². The van der Waals surface area contributed by atoms with E-state index in [-0.39, 0.29) is 0 Å². The van der Waals surface area contributed by atoms with Crippen LogP contribution in [0.1, 0.15) is 32.4 Å². The van der Waals surface area contributed by atoms with Gasteiger partial charge in [-0.2, -0.15) is 0 Å². The average molecular weight is 224 g/mol. The quantitative estimate of drug-likeness (QED) is 0.737. The lowest BCUT2D eigenvalue weighted by molar-refractivity contribution is 0.246. The number of hydrogen-bond donors (Lipinski definition) is 1. The Morgan fingerprint density at radius 1 is 1.50 bits per heavy atom. The summed E-state index contributed by atoms with van der Waals surface area (Å²) in [4.78, 5) is 2.40. The van der Waals surface area contributed by atoms with E-state index in [1.165, 1.54) is 12.8 Å². The molecule has 0 fully saturated rings. The molecule has 2 N–H and O–H groups in total. The zero-order valence-corrected chi connectivity index (χ0v) is 10.5. The second-order valence-corrected chi connectivity index (χ2v) is 4.43. The molecule has 0 spiro atoms. The highest BCUT2D eigenvalue weighted by Gasteiger charge is 2.06. The molecular weight excluding hydrogens is 200 g/mol. The first-order chi connectivity index (χ1) is 7.76. The fourth-order valence-corrected chi connectivity index (χ4v) is 1.75. The third-order valence-electron chi connectivity index (χ3n) is 2.98. The van der Waals surface area contributed by atoms with E-state index >= 15 is 0 Å². The predicted octanol–water partition coefficient (Wildman–Crippen LogP) is 2.48. The molecule has 0 aliphatic carbocycles. The molecule has 0 amide bonds. The van der Waals surface area contributed by atoms with Gasteiger partial charge in [0.1, 0.15) is 5.76 Å². The lowest BCUT2D eigenvalue weighted by Gasteiger charge is -2.19. The summed E-state index contributed by atoms with van der Waals surface area (Å²) in [5.74, 6) is 1.69. The van der Waals surface area contributed by atoms with Crippen LogP contribution >= 0.6 is 0 Å². The molecule has 1 rings (SSSR count). The highest BCUT2D eigenvalue weighted by molar-refractivity contribution is 4.97. The molecule has 92 valence electrons. The van der Waals surface area contributed by atoms with E-state index in [1.807, 2.05) is 12.1 Å². The highest BCUT2D eigenvalue weighted by Crippen LogP contribution is 2.08. The first kappa shape index (κ1) is 13.3. The van der Waals surface area contributed by atoms with Crippen LogP contribution in [0.3, 0.4) is 0 Å². The molecule has 16 heavy (non-hydrogen) atoms. The van der Waals surface area contributed by atoms with Crippen LogP contribution in [-0.2, 0) is 6.54 Å². The summed E-state index contributed by atoms with van der Waals surface area (Å²) in [5.41, 5.74) is 5.60.